The van der Waals surface area contributed by atoms with Gasteiger partial charge in [0.1, 0.15) is 0 Å². The van der Waals surface area contributed by atoms with Crippen LogP contribution in [0, 0.1) is 5.92 Å². The summed E-state index contributed by atoms with van der Waals surface area (Å²) in [5.74, 6) is 2.10. The van der Waals surface area contributed by atoms with E-state index in [-0.39, 0.29) is 5.91 Å². The van der Waals surface area contributed by atoms with Crippen molar-refractivity contribution in [2.45, 2.75) is 19.3 Å². The molecule has 2 aromatic carbocycles. The zero-order chi connectivity index (χ0) is 22.5. The van der Waals surface area contributed by atoms with E-state index in [2.05, 4.69) is 40.2 Å². The molecule has 2 aliphatic heterocycles. The number of amides is 1. The van der Waals surface area contributed by atoms with Gasteiger partial charge in [0.15, 0.2) is 16.7 Å². The summed E-state index contributed by atoms with van der Waals surface area (Å²) in [6.07, 6.45) is 5.15. The first-order valence-electron chi connectivity index (χ1n) is 10.7. The molecule has 0 aliphatic carbocycles. The standard InChI is InChI=1S/C25H28N2O4S/c1-29-20-14-19(15-21(30-2)23(20)31-3)16-22-24(28)26-25(32-22)27-11-9-18(10-12-27)13-17-7-5-4-6-8-17/h4-8,14-16,18H,9-13H2,1-3H3/b22-16+. The number of carbonyl (C=O) groups is 1. The van der Waals surface area contributed by atoms with Gasteiger partial charge >= 0.3 is 0 Å². The number of amidine groups is 1. The molecule has 0 spiro atoms. The van der Waals surface area contributed by atoms with Gasteiger partial charge in [-0.3, -0.25) is 4.79 Å². The summed E-state index contributed by atoms with van der Waals surface area (Å²) in [6, 6.07) is 14.3. The summed E-state index contributed by atoms with van der Waals surface area (Å²) in [7, 11) is 4.72. The van der Waals surface area contributed by atoms with Crippen LogP contribution in [0.4, 0.5) is 0 Å². The summed E-state index contributed by atoms with van der Waals surface area (Å²) < 4.78 is 16.2. The minimum absolute atomic E-state index is 0.204. The predicted octanol–water partition coefficient (Wildman–Crippen LogP) is 4.64. The first-order chi connectivity index (χ1) is 15.6. The number of ether oxygens (including phenoxy) is 3. The number of likely N-dealkylation sites (tertiary alicyclic amines) is 1. The van der Waals surface area contributed by atoms with Crippen LogP contribution in [0.2, 0.25) is 0 Å². The van der Waals surface area contributed by atoms with Crippen molar-refractivity contribution in [2.24, 2.45) is 10.9 Å². The van der Waals surface area contributed by atoms with Gasteiger partial charge in [-0.15, -0.1) is 0 Å². The molecule has 4 rings (SSSR count). The number of aliphatic imine (C=N–C) groups is 1. The van der Waals surface area contributed by atoms with Crippen LogP contribution in [0.5, 0.6) is 17.2 Å². The lowest BCUT2D eigenvalue weighted by molar-refractivity contribution is -0.113. The van der Waals surface area contributed by atoms with Crippen molar-refractivity contribution >= 4 is 28.9 Å². The third-order valence-electron chi connectivity index (χ3n) is 5.85. The monoisotopic (exact) mass is 452 g/mol. The summed E-state index contributed by atoms with van der Waals surface area (Å²) >= 11 is 1.44. The Morgan fingerprint density at radius 2 is 1.69 bits per heavy atom. The van der Waals surface area contributed by atoms with Crippen LogP contribution < -0.4 is 14.2 Å². The molecule has 0 unspecified atom stereocenters. The van der Waals surface area contributed by atoms with Crippen LogP contribution in [-0.4, -0.2) is 50.4 Å². The first kappa shape index (κ1) is 22.3. The van der Waals surface area contributed by atoms with Gasteiger partial charge in [-0.2, -0.15) is 4.99 Å². The Morgan fingerprint density at radius 3 is 2.28 bits per heavy atom. The minimum atomic E-state index is -0.204. The second kappa shape index (κ2) is 10.1. The van der Waals surface area contributed by atoms with Gasteiger partial charge in [-0.1, -0.05) is 30.3 Å². The van der Waals surface area contributed by atoms with E-state index in [1.807, 2.05) is 18.2 Å². The van der Waals surface area contributed by atoms with Gasteiger partial charge in [0, 0.05) is 13.1 Å². The number of methoxy groups -OCH3 is 3. The van der Waals surface area contributed by atoms with Crippen molar-refractivity contribution in [3.8, 4) is 17.2 Å². The quantitative estimate of drug-likeness (QED) is 0.595. The lowest BCUT2D eigenvalue weighted by atomic mass is 9.90. The number of hydrogen-bond acceptors (Lipinski definition) is 6. The molecule has 0 atom stereocenters. The Labute approximate surface area is 193 Å². The van der Waals surface area contributed by atoms with Crippen LogP contribution in [0.15, 0.2) is 52.4 Å². The van der Waals surface area contributed by atoms with Crippen molar-refractivity contribution in [1.29, 1.82) is 0 Å². The summed E-state index contributed by atoms with van der Waals surface area (Å²) in [5.41, 5.74) is 2.19. The second-order valence-corrected chi connectivity index (χ2v) is 8.90. The van der Waals surface area contributed by atoms with E-state index in [1.54, 1.807) is 21.3 Å². The van der Waals surface area contributed by atoms with Gasteiger partial charge in [-0.05, 0) is 66.3 Å². The number of rotatable bonds is 6. The molecule has 0 saturated carbocycles. The third-order valence-corrected chi connectivity index (χ3v) is 6.89. The molecule has 6 nitrogen and oxygen atoms in total. The fourth-order valence-electron chi connectivity index (χ4n) is 4.15. The van der Waals surface area contributed by atoms with Crippen molar-refractivity contribution in [2.75, 3.05) is 34.4 Å². The zero-order valence-electron chi connectivity index (χ0n) is 18.7. The van der Waals surface area contributed by atoms with E-state index in [0.717, 1.165) is 43.1 Å². The Kier molecular flexibility index (Phi) is 7.05. The molecule has 7 heteroatoms. The first-order valence-corrected chi connectivity index (χ1v) is 11.5. The maximum absolute atomic E-state index is 12.6. The summed E-state index contributed by atoms with van der Waals surface area (Å²) in [4.78, 5) is 19.7. The van der Waals surface area contributed by atoms with Gasteiger partial charge in [0.05, 0.1) is 26.2 Å². The molecular formula is C25H28N2O4S. The van der Waals surface area contributed by atoms with Crippen LogP contribution in [0.3, 0.4) is 0 Å². The Balaban J connectivity index is 1.41. The molecule has 2 heterocycles. The second-order valence-electron chi connectivity index (χ2n) is 7.89. The van der Waals surface area contributed by atoms with Crippen molar-refractivity contribution in [3.05, 3.63) is 58.5 Å². The smallest absolute Gasteiger partial charge is 0.286 e. The lowest BCUT2D eigenvalue weighted by Crippen LogP contribution is -2.37. The zero-order valence-corrected chi connectivity index (χ0v) is 19.5. The average molecular weight is 453 g/mol. The maximum Gasteiger partial charge on any atom is 0.286 e. The van der Waals surface area contributed by atoms with Crippen molar-refractivity contribution in [3.63, 3.8) is 0 Å². The highest BCUT2D eigenvalue weighted by Gasteiger charge is 2.29. The highest BCUT2D eigenvalue weighted by atomic mass is 32.2. The Hall–Kier alpha value is -2.93. The number of carbonyl (C=O) groups excluding carboxylic acids is 1. The van der Waals surface area contributed by atoms with Gasteiger partial charge in [0.25, 0.3) is 5.91 Å². The van der Waals surface area contributed by atoms with Crippen molar-refractivity contribution in [1.82, 2.24) is 4.90 Å². The Morgan fingerprint density at radius 1 is 1.03 bits per heavy atom. The molecule has 1 saturated heterocycles. The topological polar surface area (TPSA) is 60.4 Å². The summed E-state index contributed by atoms with van der Waals surface area (Å²) in [5, 5.41) is 0.798. The van der Waals surface area contributed by atoms with Crippen LogP contribution in [0.25, 0.3) is 6.08 Å². The van der Waals surface area contributed by atoms with Gasteiger partial charge in [-0.25, -0.2) is 0 Å². The molecule has 0 bridgehead atoms. The highest BCUT2D eigenvalue weighted by molar-refractivity contribution is 8.18. The van der Waals surface area contributed by atoms with E-state index in [0.29, 0.717) is 28.1 Å². The normalized spacial score (nSPS) is 18.1. The Bertz CT molecular complexity index is 1000. The van der Waals surface area contributed by atoms with E-state index < -0.39 is 0 Å². The number of nitrogens with zero attached hydrogens (tertiary/aromatic N) is 2. The molecule has 32 heavy (non-hydrogen) atoms. The van der Waals surface area contributed by atoms with E-state index in [4.69, 9.17) is 14.2 Å². The summed E-state index contributed by atoms with van der Waals surface area (Å²) in [6.45, 7) is 1.85. The highest BCUT2D eigenvalue weighted by Crippen LogP contribution is 2.40. The average Bonchev–Trinajstić information content (AvgIpc) is 3.19. The molecule has 1 amide bonds. The fraction of sp³-hybridized carbons (Fsp3) is 0.360. The molecule has 2 aliphatic rings. The van der Waals surface area contributed by atoms with Gasteiger partial charge < -0.3 is 19.1 Å². The number of thioether (sulfide) groups is 1. The predicted molar refractivity (Wildman–Crippen MR) is 129 cm³/mol. The van der Waals surface area contributed by atoms with Crippen LogP contribution in [0.1, 0.15) is 24.0 Å². The van der Waals surface area contributed by atoms with Gasteiger partial charge in [0.2, 0.25) is 5.75 Å². The molecule has 0 N–H and O–H groups in total. The van der Waals surface area contributed by atoms with E-state index in [9.17, 15) is 4.79 Å². The molecule has 1 fully saturated rings. The molecule has 0 radical (unpaired) electrons. The largest absolute Gasteiger partial charge is 0.493 e. The minimum Gasteiger partial charge on any atom is -0.493 e. The van der Waals surface area contributed by atoms with E-state index in [1.165, 1.54) is 17.3 Å². The molecule has 0 aromatic heterocycles. The fourth-order valence-corrected chi connectivity index (χ4v) is 5.11. The third kappa shape index (κ3) is 4.93. The maximum atomic E-state index is 12.6. The molecule has 2 aromatic rings. The lowest BCUT2D eigenvalue weighted by Gasteiger charge is -2.32. The number of piperidine rings is 1. The molecule has 168 valence electrons. The van der Waals surface area contributed by atoms with E-state index >= 15 is 0 Å². The van der Waals surface area contributed by atoms with Crippen LogP contribution >= 0.6 is 11.8 Å². The SMILES string of the molecule is COc1cc(/C=C2/SC(N3CCC(Cc4ccccc4)CC3)=NC2=O)cc(OC)c1OC. The van der Waals surface area contributed by atoms with Crippen molar-refractivity contribution < 1.29 is 19.0 Å². The number of benzene rings is 2. The van der Waals surface area contributed by atoms with Crippen LogP contribution in [-0.2, 0) is 11.2 Å². The number of hydrogen-bond donors (Lipinski definition) is 0. The molecular weight excluding hydrogens is 424 g/mol.